The van der Waals surface area contributed by atoms with E-state index in [9.17, 15) is 0 Å². The Kier molecular flexibility index (Phi) is 19.5. The van der Waals surface area contributed by atoms with Crippen LogP contribution < -0.4 is 0 Å². The number of aliphatic hydroxyl groups is 3. The molecule has 0 aliphatic rings. The summed E-state index contributed by atoms with van der Waals surface area (Å²) in [6, 6.07) is 0. The lowest BCUT2D eigenvalue weighted by atomic mass is 10.7. The lowest BCUT2D eigenvalue weighted by Gasteiger charge is -1.92. The van der Waals surface area contributed by atoms with Crippen molar-refractivity contribution in [1.82, 2.24) is 0 Å². The first-order valence-electron chi connectivity index (χ1n) is 3.34. The minimum atomic E-state index is -0.125. The summed E-state index contributed by atoms with van der Waals surface area (Å²) in [6.07, 6.45) is 1.65. The van der Waals surface area contributed by atoms with Crippen LogP contribution in [0.15, 0.2) is 12.7 Å². The molecule has 0 saturated heterocycles. The minimum absolute atomic E-state index is 0.0911. The Bertz CT molecular complexity index is 63.5. The Morgan fingerprint density at radius 3 is 1.91 bits per heavy atom. The van der Waals surface area contributed by atoms with Gasteiger partial charge >= 0.3 is 0 Å². The fourth-order valence-corrected chi connectivity index (χ4v) is 0.231. The molecule has 4 heteroatoms. The van der Waals surface area contributed by atoms with Crippen molar-refractivity contribution >= 4 is 0 Å². The first-order chi connectivity index (χ1) is 5.33. The van der Waals surface area contributed by atoms with E-state index in [1.165, 1.54) is 0 Å². The van der Waals surface area contributed by atoms with Crippen LogP contribution in [0, 0.1) is 0 Å². The number of hydrogen-bond donors (Lipinski definition) is 3. The molecule has 0 fully saturated rings. The number of aliphatic hydroxyl groups excluding tert-OH is 3. The van der Waals surface area contributed by atoms with Gasteiger partial charge in [0.1, 0.15) is 0 Å². The highest BCUT2D eigenvalue weighted by atomic mass is 16.5. The molecule has 0 aromatic rings. The van der Waals surface area contributed by atoms with E-state index in [1.54, 1.807) is 6.08 Å². The van der Waals surface area contributed by atoms with E-state index in [2.05, 4.69) is 6.58 Å². The van der Waals surface area contributed by atoms with Crippen LogP contribution in [0.3, 0.4) is 0 Å². The van der Waals surface area contributed by atoms with Crippen LogP contribution in [0.25, 0.3) is 0 Å². The third-order valence-electron chi connectivity index (χ3n) is 0.571. The molecule has 0 amide bonds. The van der Waals surface area contributed by atoms with Crippen LogP contribution in [0.5, 0.6) is 0 Å². The molecule has 0 rings (SSSR count). The molecule has 0 saturated carbocycles. The lowest BCUT2D eigenvalue weighted by molar-refractivity contribution is 0.112. The molecule has 0 aliphatic heterocycles. The van der Waals surface area contributed by atoms with Crippen molar-refractivity contribution in [2.45, 2.75) is 0 Å². The van der Waals surface area contributed by atoms with Gasteiger partial charge in [-0.1, -0.05) is 6.08 Å². The summed E-state index contributed by atoms with van der Waals surface area (Å²) in [5, 5.41) is 23.4. The molecule has 0 aromatic heterocycles. The number of rotatable bonds is 5. The molecule has 11 heavy (non-hydrogen) atoms. The predicted molar refractivity (Wildman–Crippen MR) is 42.3 cm³/mol. The molecule has 0 spiro atoms. The highest BCUT2D eigenvalue weighted by molar-refractivity contribution is 4.63. The maximum atomic E-state index is 8.13. The van der Waals surface area contributed by atoms with Crippen LogP contribution in [-0.4, -0.2) is 48.4 Å². The Hall–Kier alpha value is -0.420. The van der Waals surface area contributed by atoms with Gasteiger partial charge in [-0.25, -0.2) is 0 Å². The van der Waals surface area contributed by atoms with Crippen molar-refractivity contribution in [3.8, 4) is 0 Å². The molecule has 0 bridgehead atoms. The second-order valence-electron chi connectivity index (χ2n) is 1.53. The van der Waals surface area contributed by atoms with Gasteiger partial charge in [0.25, 0.3) is 0 Å². The van der Waals surface area contributed by atoms with Crippen LogP contribution in [-0.2, 0) is 4.74 Å². The van der Waals surface area contributed by atoms with Crippen LogP contribution in [0.4, 0.5) is 0 Å². The van der Waals surface area contributed by atoms with Crippen LogP contribution in [0.1, 0.15) is 0 Å². The van der Waals surface area contributed by atoms with E-state index >= 15 is 0 Å². The van der Waals surface area contributed by atoms with E-state index in [1.807, 2.05) is 0 Å². The summed E-state index contributed by atoms with van der Waals surface area (Å²) in [5.74, 6) is 0. The maximum Gasteiger partial charge on any atom is 0.0701 e. The van der Waals surface area contributed by atoms with Crippen molar-refractivity contribution in [1.29, 1.82) is 0 Å². The molecule has 0 aromatic carbocycles. The monoisotopic (exact) mass is 164 g/mol. The molecule has 0 aliphatic carbocycles. The zero-order valence-corrected chi connectivity index (χ0v) is 6.57. The van der Waals surface area contributed by atoms with Gasteiger partial charge < -0.3 is 20.1 Å². The zero-order valence-electron chi connectivity index (χ0n) is 6.57. The van der Waals surface area contributed by atoms with Crippen LogP contribution in [0.2, 0.25) is 0 Å². The van der Waals surface area contributed by atoms with E-state index in [0.29, 0.717) is 13.2 Å². The SMILES string of the molecule is C=CCOCCO.OCCO. The first kappa shape index (κ1) is 13.2. The van der Waals surface area contributed by atoms with E-state index in [4.69, 9.17) is 20.1 Å². The standard InChI is InChI=1S/C5H10O2.C2H6O2/c1-2-4-7-5-3-6;3-1-2-4/h2,6H,1,3-5H2;3-4H,1-2H2. The Balaban J connectivity index is 0. The first-order valence-corrected chi connectivity index (χ1v) is 3.34. The molecular weight excluding hydrogens is 148 g/mol. The molecular formula is C7H16O4. The summed E-state index contributed by atoms with van der Waals surface area (Å²) >= 11 is 0. The molecule has 0 atom stereocenters. The molecule has 4 nitrogen and oxygen atoms in total. The topological polar surface area (TPSA) is 69.9 Å². The molecule has 0 radical (unpaired) electrons. The van der Waals surface area contributed by atoms with E-state index in [0.717, 1.165) is 0 Å². The number of ether oxygens (including phenoxy) is 1. The van der Waals surface area contributed by atoms with Crippen LogP contribution >= 0.6 is 0 Å². The quantitative estimate of drug-likeness (QED) is 0.366. The fraction of sp³-hybridized carbons (Fsp3) is 0.714. The highest BCUT2D eigenvalue weighted by Gasteiger charge is 1.75. The normalized spacial score (nSPS) is 8.27. The largest absolute Gasteiger partial charge is 0.394 e. The third kappa shape index (κ3) is 26.2. The molecule has 0 heterocycles. The summed E-state index contributed by atoms with van der Waals surface area (Å²) in [5.41, 5.74) is 0. The molecule has 3 N–H and O–H groups in total. The molecule has 68 valence electrons. The third-order valence-corrected chi connectivity index (χ3v) is 0.571. The van der Waals surface area contributed by atoms with Crippen molar-refractivity contribution in [2.24, 2.45) is 0 Å². The van der Waals surface area contributed by atoms with Crippen molar-refractivity contribution < 1.29 is 20.1 Å². The summed E-state index contributed by atoms with van der Waals surface area (Å²) < 4.78 is 4.76. The smallest absolute Gasteiger partial charge is 0.0701 e. The predicted octanol–water partition coefficient (Wildman–Crippen LogP) is -0.848. The second-order valence-corrected chi connectivity index (χ2v) is 1.53. The summed E-state index contributed by atoms with van der Waals surface area (Å²) in [6.45, 7) is 4.20. The maximum absolute atomic E-state index is 8.13. The van der Waals surface area contributed by atoms with Gasteiger partial charge in [-0.15, -0.1) is 6.58 Å². The minimum Gasteiger partial charge on any atom is -0.394 e. The van der Waals surface area contributed by atoms with Gasteiger partial charge in [0.15, 0.2) is 0 Å². The highest BCUT2D eigenvalue weighted by Crippen LogP contribution is 1.70. The van der Waals surface area contributed by atoms with E-state index in [-0.39, 0.29) is 19.8 Å². The average Bonchev–Trinajstić information content (AvgIpc) is 2.06. The second kappa shape index (κ2) is 16.3. The summed E-state index contributed by atoms with van der Waals surface area (Å²) in [7, 11) is 0. The van der Waals surface area contributed by atoms with Crippen molar-refractivity contribution in [3.63, 3.8) is 0 Å². The van der Waals surface area contributed by atoms with Gasteiger partial charge in [0.2, 0.25) is 0 Å². The average molecular weight is 164 g/mol. The van der Waals surface area contributed by atoms with E-state index < -0.39 is 0 Å². The lowest BCUT2D eigenvalue weighted by Crippen LogP contribution is -1.97. The van der Waals surface area contributed by atoms with Gasteiger partial charge in [-0.3, -0.25) is 0 Å². The molecule has 0 unspecified atom stereocenters. The van der Waals surface area contributed by atoms with Crippen molar-refractivity contribution in [3.05, 3.63) is 12.7 Å². The summed E-state index contributed by atoms with van der Waals surface area (Å²) in [4.78, 5) is 0. The van der Waals surface area contributed by atoms with Crippen molar-refractivity contribution in [2.75, 3.05) is 33.0 Å². The number of hydrogen-bond acceptors (Lipinski definition) is 4. The Morgan fingerprint density at radius 2 is 1.64 bits per heavy atom. The Labute approximate surface area is 66.7 Å². The fourth-order valence-electron chi connectivity index (χ4n) is 0.231. The zero-order chi connectivity index (χ0) is 8.95. The van der Waals surface area contributed by atoms with Gasteiger partial charge in [0, 0.05) is 0 Å². The van der Waals surface area contributed by atoms with Gasteiger partial charge in [0.05, 0.1) is 33.0 Å². The van der Waals surface area contributed by atoms with Gasteiger partial charge in [-0.05, 0) is 0 Å². The van der Waals surface area contributed by atoms with Gasteiger partial charge in [-0.2, -0.15) is 0 Å². The Morgan fingerprint density at radius 1 is 1.09 bits per heavy atom.